The van der Waals surface area contributed by atoms with Crippen molar-refractivity contribution in [2.24, 2.45) is 0 Å². The maximum atomic E-state index is 13.3. The Morgan fingerprint density at radius 1 is 0.861 bits per heavy atom. The van der Waals surface area contributed by atoms with Crippen LogP contribution in [-0.4, -0.2) is 53.2 Å². The average Bonchev–Trinajstić information content (AvgIpc) is 3.31. The maximum absolute atomic E-state index is 13.3. The van der Waals surface area contributed by atoms with E-state index in [1.165, 1.54) is 69.5 Å². The molecule has 0 N–H and O–H groups in total. The SMILES string of the molecule is COC(=O)c1cn(C(=O)c2ccc(N(C)S(=O)(=O)c3ccc(OC)c(OC)c3)cc2)c2ccccc12. The van der Waals surface area contributed by atoms with Crippen LogP contribution >= 0.6 is 0 Å². The minimum absolute atomic E-state index is 0.0250. The molecule has 0 spiro atoms. The van der Waals surface area contributed by atoms with Crippen molar-refractivity contribution >= 4 is 38.5 Å². The summed E-state index contributed by atoms with van der Waals surface area (Å²) in [6.07, 6.45) is 1.44. The summed E-state index contributed by atoms with van der Waals surface area (Å²) < 4.78 is 44.1. The molecule has 1 aromatic heterocycles. The Morgan fingerprint density at radius 3 is 2.17 bits per heavy atom. The van der Waals surface area contributed by atoms with Crippen LogP contribution in [0.1, 0.15) is 20.7 Å². The number of rotatable bonds is 7. The number of esters is 1. The molecule has 36 heavy (non-hydrogen) atoms. The second-order valence-corrected chi connectivity index (χ2v) is 9.73. The molecule has 4 rings (SSSR count). The summed E-state index contributed by atoms with van der Waals surface area (Å²) in [7, 11) is 1.68. The van der Waals surface area contributed by atoms with E-state index in [9.17, 15) is 18.0 Å². The van der Waals surface area contributed by atoms with Crippen molar-refractivity contribution < 1.29 is 32.2 Å². The van der Waals surface area contributed by atoms with Gasteiger partial charge in [0.2, 0.25) is 0 Å². The van der Waals surface area contributed by atoms with Gasteiger partial charge >= 0.3 is 5.97 Å². The molecule has 0 amide bonds. The fourth-order valence-electron chi connectivity index (χ4n) is 3.85. The van der Waals surface area contributed by atoms with E-state index in [-0.39, 0.29) is 22.1 Å². The summed E-state index contributed by atoms with van der Waals surface area (Å²) in [5, 5.41) is 0.593. The van der Waals surface area contributed by atoms with Crippen LogP contribution in [0.15, 0.2) is 77.8 Å². The van der Waals surface area contributed by atoms with Gasteiger partial charge in [-0.05, 0) is 42.5 Å². The number of carbonyl (C=O) groups excluding carboxylic acids is 2. The number of fused-ring (bicyclic) bond motifs is 1. The van der Waals surface area contributed by atoms with E-state index in [2.05, 4.69) is 0 Å². The molecule has 0 radical (unpaired) electrons. The molecule has 0 aliphatic heterocycles. The molecule has 0 aliphatic carbocycles. The summed E-state index contributed by atoms with van der Waals surface area (Å²) in [6.45, 7) is 0. The lowest BCUT2D eigenvalue weighted by Gasteiger charge is -2.20. The fourth-order valence-corrected chi connectivity index (χ4v) is 5.06. The van der Waals surface area contributed by atoms with Crippen LogP contribution in [0, 0.1) is 0 Å². The van der Waals surface area contributed by atoms with Gasteiger partial charge in [-0.2, -0.15) is 0 Å². The second kappa shape index (κ2) is 9.74. The van der Waals surface area contributed by atoms with Crippen molar-refractivity contribution in [1.82, 2.24) is 4.57 Å². The third kappa shape index (κ3) is 4.27. The Kier molecular flexibility index (Phi) is 6.71. The number of benzene rings is 3. The van der Waals surface area contributed by atoms with Gasteiger partial charge in [-0.3, -0.25) is 13.7 Å². The number of nitrogens with zero attached hydrogens (tertiary/aromatic N) is 2. The molecule has 1 heterocycles. The van der Waals surface area contributed by atoms with Crippen LogP contribution in [0.2, 0.25) is 0 Å². The Morgan fingerprint density at radius 2 is 1.53 bits per heavy atom. The molecule has 0 aliphatic rings. The van der Waals surface area contributed by atoms with E-state index in [4.69, 9.17) is 14.2 Å². The number of hydrogen-bond donors (Lipinski definition) is 0. The highest BCUT2D eigenvalue weighted by Crippen LogP contribution is 2.32. The lowest BCUT2D eigenvalue weighted by molar-refractivity contribution is 0.0603. The molecule has 0 saturated carbocycles. The molecule has 0 atom stereocenters. The predicted octanol–water partition coefficient (Wildman–Crippen LogP) is 3.96. The third-order valence-corrected chi connectivity index (χ3v) is 7.61. The van der Waals surface area contributed by atoms with Gasteiger partial charge in [0.05, 0.1) is 43.0 Å². The fraction of sp³-hybridized carbons (Fsp3) is 0.154. The second-order valence-electron chi connectivity index (χ2n) is 7.76. The Balaban J connectivity index is 1.65. The molecule has 9 nitrogen and oxygen atoms in total. The third-order valence-electron chi connectivity index (χ3n) is 5.83. The first-order valence-corrected chi connectivity index (χ1v) is 12.2. The summed E-state index contributed by atoms with van der Waals surface area (Å²) in [5.41, 5.74) is 1.50. The number of aromatic nitrogens is 1. The van der Waals surface area contributed by atoms with Gasteiger partial charge in [0.25, 0.3) is 15.9 Å². The molecule has 0 unspecified atom stereocenters. The minimum atomic E-state index is -3.92. The van der Waals surface area contributed by atoms with E-state index in [1.54, 1.807) is 36.4 Å². The van der Waals surface area contributed by atoms with Gasteiger partial charge in [0, 0.05) is 30.3 Å². The summed E-state index contributed by atoms with van der Waals surface area (Å²) in [5.74, 6) is -0.221. The van der Waals surface area contributed by atoms with E-state index >= 15 is 0 Å². The first-order valence-electron chi connectivity index (χ1n) is 10.8. The van der Waals surface area contributed by atoms with Crippen molar-refractivity contribution in [3.05, 3.63) is 84.1 Å². The zero-order chi connectivity index (χ0) is 26.0. The summed E-state index contributed by atoms with van der Waals surface area (Å²) in [6, 6.07) is 17.5. The lowest BCUT2D eigenvalue weighted by Crippen LogP contribution is -2.26. The smallest absolute Gasteiger partial charge is 0.340 e. The molecule has 3 aromatic carbocycles. The highest BCUT2D eigenvalue weighted by atomic mass is 32.2. The first-order chi connectivity index (χ1) is 17.2. The standard InChI is InChI=1S/C26H24N2O7S/c1-27(36(31,32)19-13-14-23(33-2)24(15-19)34-3)18-11-9-17(10-12-18)25(29)28-16-21(26(30)35-4)20-7-5-6-8-22(20)28/h5-16H,1-4H3. The molecule has 186 valence electrons. The normalized spacial score (nSPS) is 11.2. The number of methoxy groups -OCH3 is 3. The van der Waals surface area contributed by atoms with E-state index < -0.39 is 16.0 Å². The van der Waals surface area contributed by atoms with Gasteiger partial charge in [-0.15, -0.1) is 0 Å². The van der Waals surface area contributed by atoms with Crippen molar-refractivity contribution in [3.8, 4) is 11.5 Å². The first kappa shape index (κ1) is 24.8. The van der Waals surface area contributed by atoms with Crippen molar-refractivity contribution in [1.29, 1.82) is 0 Å². The number of ether oxygens (including phenoxy) is 3. The average molecular weight is 509 g/mol. The Bertz CT molecular complexity index is 1560. The van der Waals surface area contributed by atoms with E-state index in [0.717, 1.165) is 4.31 Å². The quantitative estimate of drug-likeness (QED) is 0.348. The van der Waals surface area contributed by atoms with Crippen molar-refractivity contribution in [2.75, 3.05) is 32.7 Å². The van der Waals surface area contributed by atoms with Crippen LogP contribution in [0.5, 0.6) is 11.5 Å². The molecule has 0 fully saturated rings. The zero-order valence-electron chi connectivity index (χ0n) is 20.1. The summed E-state index contributed by atoms with van der Waals surface area (Å²) in [4.78, 5) is 25.5. The number of sulfonamides is 1. The molecule has 0 bridgehead atoms. The molecule has 10 heteroatoms. The topological polar surface area (TPSA) is 104 Å². The summed E-state index contributed by atoms with van der Waals surface area (Å²) >= 11 is 0. The maximum Gasteiger partial charge on any atom is 0.340 e. The monoisotopic (exact) mass is 508 g/mol. The Hall–Kier alpha value is -4.31. The number of anilines is 1. The number of carbonyl (C=O) groups is 2. The van der Waals surface area contributed by atoms with E-state index in [1.807, 2.05) is 0 Å². The van der Waals surface area contributed by atoms with Gasteiger partial charge in [-0.1, -0.05) is 18.2 Å². The van der Waals surface area contributed by atoms with Crippen molar-refractivity contribution in [3.63, 3.8) is 0 Å². The molecular formula is C26H24N2O7S. The van der Waals surface area contributed by atoms with Gasteiger partial charge in [0.15, 0.2) is 11.5 Å². The zero-order valence-corrected chi connectivity index (χ0v) is 20.9. The van der Waals surface area contributed by atoms with Gasteiger partial charge < -0.3 is 14.2 Å². The van der Waals surface area contributed by atoms with Crippen LogP contribution in [0.4, 0.5) is 5.69 Å². The highest BCUT2D eigenvalue weighted by molar-refractivity contribution is 7.92. The van der Waals surface area contributed by atoms with Crippen LogP contribution in [0.25, 0.3) is 10.9 Å². The van der Waals surface area contributed by atoms with E-state index in [0.29, 0.717) is 27.9 Å². The highest BCUT2D eigenvalue weighted by Gasteiger charge is 2.24. The number of para-hydroxylation sites is 1. The predicted molar refractivity (Wildman–Crippen MR) is 135 cm³/mol. The molecule has 4 aromatic rings. The van der Waals surface area contributed by atoms with Crippen molar-refractivity contribution in [2.45, 2.75) is 4.90 Å². The lowest BCUT2D eigenvalue weighted by atomic mass is 10.2. The van der Waals surface area contributed by atoms with Gasteiger partial charge in [-0.25, -0.2) is 13.2 Å². The Labute approximate surface area is 208 Å². The van der Waals surface area contributed by atoms with Crippen LogP contribution in [-0.2, 0) is 14.8 Å². The minimum Gasteiger partial charge on any atom is -0.493 e. The van der Waals surface area contributed by atoms with Gasteiger partial charge in [0.1, 0.15) is 0 Å². The largest absolute Gasteiger partial charge is 0.493 e. The van der Waals surface area contributed by atoms with Crippen LogP contribution in [0.3, 0.4) is 0 Å². The molecule has 0 saturated heterocycles. The van der Waals surface area contributed by atoms with Crippen LogP contribution < -0.4 is 13.8 Å². The molecular weight excluding hydrogens is 484 g/mol. The number of hydrogen-bond acceptors (Lipinski definition) is 7.